The van der Waals surface area contributed by atoms with Gasteiger partial charge >= 0.3 is 0 Å². The summed E-state index contributed by atoms with van der Waals surface area (Å²) in [6.45, 7) is 2.11. The first-order chi connectivity index (χ1) is 13.1. The molecule has 0 radical (unpaired) electrons. The Labute approximate surface area is 162 Å². The van der Waals surface area contributed by atoms with Crippen LogP contribution >= 0.6 is 11.6 Å². The Balaban J connectivity index is 1.56. The second-order valence-corrected chi connectivity index (χ2v) is 6.81. The molecule has 27 heavy (non-hydrogen) atoms. The molecule has 5 nitrogen and oxygen atoms in total. The molecule has 1 heterocycles. The van der Waals surface area contributed by atoms with E-state index in [0.717, 1.165) is 33.6 Å². The molecule has 4 aromatic rings. The summed E-state index contributed by atoms with van der Waals surface area (Å²) in [6.07, 6.45) is 0. The van der Waals surface area contributed by atoms with E-state index in [-0.39, 0.29) is 5.92 Å². The van der Waals surface area contributed by atoms with E-state index >= 15 is 0 Å². The zero-order chi connectivity index (χ0) is 18.8. The van der Waals surface area contributed by atoms with Crippen molar-refractivity contribution >= 4 is 34.0 Å². The quantitative estimate of drug-likeness (QED) is 0.480. The van der Waals surface area contributed by atoms with Crippen molar-refractivity contribution in [2.75, 3.05) is 12.4 Å². The molecule has 1 aromatic heterocycles. The largest absolute Gasteiger partial charge is 0.497 e. The van der Waals surface area contributed by atoms with Gasteiger partial charge in [-0.2, -0.15) is 4.98 Å². The molecule has 0 amide bonds. The normalized spacial score (nSPS) is 12.1. The number of rotatable bonds is 5. The standard InChI is InChI=1S/C21H19ClN4O/c1-13(14-6-7-16-11-19(27-2)9-8-15(16)10-14)20-24-21(26-25-20)23-18-5-3-4-17(22)12-18/h3-13H,1-2H3,(H2,23,24,25,26). The van der Waals surface area contributed by atoms with Crippen LogP contribution < -0.4 is 10.1 Å². The summed E-state index contributed by atoms with van der Waals surface area (Å²) in [6, 6.07) is 19.9. The summed E-state index contributed by atoms with van der Waals surface area (Å²) in [7, 11) is 1.68. The number of H-pyrrole nitrogens is 1. The Hall–Kier alpha value is -3.05. The number of methoxy groups -OCH3 is 1. The Bertz CT molecular complexity index is 1090. The van der Waals surface area contributed by atoms with Gasteiger partial charge in [-0.25, -0.2) is 0 Å². The van der Waals surface area contributed by atoms with Gasteiger partial charge in [0.2, 0.25) is 5.95 Å². The molecule has 1 unspecified atom stereocenters. The molecule has 6 heteroatoms. The minimum absolute atomic E-state index is 0.0823. The van der Waals surface area contributed by atoms with Gasteiger partial charge < -0.3 is 10.1 Å². The number of aromatic amines is 1. The summed E-state index contributed by atoms with van der Waals surface area (Å²) in [4.78, 5) is 4.58. The number of hydrogen-bond donors (Lipinski definition) is 2. The topological polar surface area (TPSA) is 62.8 Å². The molecule has 2 N–H and O–H groups in total. The maximum absolute atomic E-state index is 6.02. The average Bonchev–Trinajstić information content (AvgIpc) is 3.15. The molecule has 4 rings (SSSR count). The van der Waals surface area contributed by atoms with E-state index in [2.05, 4.69) is 51.7 Å². The van der Waals surface area contributed by atoms with E-state index in [0.29, 0.717) is 11.0 Å². The number of nitrogens with one attached hydrogen (secondary N) is 2. The Morgan fingerprint density at radius 2 is 1.85 bits per heavy atom. The lowest BCUT2D eigenvalue weighted by molar-refractivity contribution is 0.415. The van der Waals surface area contributed by atoms with Gasteiger partial charge in [0, 0.05) is 16.6 Å². The van der Waals surface area contributed by atoms with Crippen molar-refractivity contribution in [1.29, 1.82) is 0 Å². The fourth-order valence-electron chi connectivity index (χ4n) is 3.02. The van der Waals surface area contributed by atoms with Crippen LogP contribution in [0.25, 0.3) is 10.8 Å². The van der Waals surface area contributed by atoms with Crippen LogP contribution in [0.5, 0.6) is 5.75 Å². The first kappa shape index (κ1) is 17.4. The summed E-state index contributed by atoms with van der Waals surface area (Å²) in [5.74, 6) is 2.26. The van der Waals surface area contributed by atoms with E-state index in [9.17, 15) is 0 Å². The third kappa shape index (κ3) is 3.73. The van der Waals surface area contributed by atoms with Crippen LogP contribution in [0.3, 0.4) is 0 Å². The monoisotopic (exact) mass is 378 g/mol. The molecule has 0 fully saturated rings. The van der Waals surface area contributed by atoms with Gasteiger partial charge in [0.15, 0.2) is 0 Å². The van der Waals surface area contributed by atoms with Crippen molar-refractivity contribution in [2.45, 2.75) is 12.8 Å². The third-order valence-corrected chi connectivity index (χ3v) is 4.80. The van der Waals surface area contributed by atoms with Crippen LogP contribution in [0.15, 0.2) is 60.7 Å². The van der Waals surface area contributed by atoms with Crippen molar-refractivity contribution in [3.63, 3.8) is 0 Å². The molecule has 0 aliphatic rings. The lowest BCUT2D eigenvalue weighted by Crippen LogP contribution is -1.99. The fraction of sp³-hybridized carbons (Fsp3) is 0.143. The Kier molecular flexibility index (Phi) is 4.69. The summed E-state index contributed by atoms with van der Waals surface area (Å²) < 4.78 is 5.29. The summed E-state index contributed by atoms with van der Waals surface area (Å²) >= 11 is 6.02. The predicted octanol–water partition coefficient (Wildman–Crippen LogP) is 5.52. The first-order valence-electron chi connectivity index (χ1n) is 8.65. The molecular formula is C21H19ClN4O. The molecule has 136 valence electrons. The van der Waals surface area contributed by atoms with Gasteiger partial charge in [0.25, 0.3) is 0 Å². The first-order valence-corrected chi connectivity index (χ1v) is 9.03. The van der Waals surface area contributed by atoms with Gasteiger partial charge in [-0.1, -0.05) is 48.9 Å². The average molecular weight is 379 g/mol. The van der Waals surface area contributed by atoms with Gasteiger partial charge in [0.05, 0.1) is 7.11 Å². The van der Waals surface area contributed by atoms with Crippen LogP contribution in [-0.4, -0.2) is 22.3 Å². The zero-order valence-corrected chi connectivity index (χ0v) is 15.8. The number of aromatic nitrogens is 3. The maximum Gasteiger partial charge on any atom is 0.246 e. The third-order valence-electron chi connectivity index (χ3n) is 4.57. The van der Waals surface area contributed by atoms with E-state index in [1.54, 1.807) is 7.11 Å². The van der Waals surface area contributed by atoms with E-state index in [1.165, 1.54) is 0 Å². The molecule has 0 aliphatic heterocycles. The predicted molar refractivity (Wildman–Crippen MR) is 109 cm³/mol. The van der Waals surface area contributed by atoms with Gasteiger partial charge in [-0.05, 0) is 46.7 Å². The van der Waals surface area contributed by atoms with Crippen LogP contribution in [0.1, 0.15) is 24.2 Å². The lowest BCUT2D eigenvalue weighted by atomic mass is 9.97. The number of anilines is 2. The minimum atomic E-state index is 0.0823. The molecule has 0 bridgehead atoms. The fourth-order valence-corrected chi connectivity index (χ4v) is 3.21. The van der Waals surface area contributed by atoms with Gasteiger partial charge in [0.1, 0.15) is 11.6 Å². The van der Waals surface area contributed by atoms with Crippen molar-refractivity contribution in [3.8, 4) is 5.75 Å². The molecule has 0 aliphatic carbocycles. The van der Waals surface area contributed by atoms with Crippen LogP contribution in [0.2, 0.25) is 5.02 Å². The van der Waals surface area contributed by atoms with Crippen LogP contribution in [0, 0.1) is 0 Å². The molecule has 0 spiro atoms. The number of benzene rings is 3. The smallest absolute Gasteiger partial charge is 0.246 e. The summed E-state index contributed by atoms with van der Waals surface area (Å²) in [5, 5.41) is 13.4. The van der Waals surface area contributed by atoms with Crippen molar-refractivity contribution in [3.05, 3.63) is 77.1 Å². The number of fused-ring (bicyclic) bond motifs is 1. The molecule has 3 aromatic carbocycles. The van der Waals surface area contributed by atoms with Gasteiger partial charge in [-0.15, -0.1) is 5.10 Å². The van der Waals surface area contributed by atoms with Crippen molar-refractivity contribution < 1.29 is 4.74 Å². The highest BCUT2D eigenvalue weighted by Crippen LogP contribution is 2.28. The number of ether oxygens (including phenoxy) is 1. The second kappa shape index (κ2) is 7.29. The highest BCUT2D eigenvalue weighted by Gasteiger charge is 2.14. The Morgan fingerprint density at radius 3 is 2.67 bits per heavy atom. The summed E-state index contributed by atoms with van der Waals surface area (Å²) in [5.41, 5.74) is 2.01. The van der Waals surface area contributed by atoms with Crippen LogP contribution in [0.4, 0.5) is 11.6 Å². The van der Waals surface area contributed by atoms with Gasteiger partial charge in [-0.3, -0.25) is 5.10 Å². The number of nitrogens with zero attached hydrogens (tertiary/aromatic N) is 2. The zero-order valence-electron chi connectivity index (χ0n) is 15.0. The minimum Gasteiger partial charge on any atom is -0.497 e. The van der Waals surface area contributed by atoms with Crippen LogP contribution in [-0.2, 0) is 0 Å². The second-order valence-electron chi connectivity index (χ2n) is 6.37. The van der Waals surface area contributed by atoms with Crippen molar-refractivity contribution in [2.24, 2.45) is 0 Å². The lowest BCUT2D eigenvalue weighted by Gasteiger charge is -2.10. The highest BCUT2D eigenvalue weighted by molar-refractivity contribution is 6.30. The molecular weight excluding hydrogens is 360 g/mol. The number of hydrogen-bond acceptors (Lipinski definition) is 4. The maximum atomic E-state index is 6.02. The van der Waals surface area contributed by atoms with E-state index in [4.69, 9.17) is 16.3 Å². The van der Waals surface area contributed by atoms with Crippen molar-refractivity contribution in [1.82, 2.24) is 15.2 Å². The Morgan fingerprint density at radius 1 is 1.04 bits per heavy atom. The molecule has 1 atom stereocenters. The highest BCUT2D eigenvalue weighted by atomic mass is 35.5. The van der Waals surface area contributed by atoms with E-state index in [1.807, 2.05) is 36.4 Å². The van der Waals surface area contributed by atoms with E-state index < -0.39 is 0 Å². The SMILES string of the molecule is COc1ccc2cc(C(C)c3nc(Nc4cccc(Cl)c4)n[nH]3)ccc2c1. The molecule has 0 saturated carbocycles. The number of halogens is 1. The molecule has 0 saturated heterocycles.